The Morgan fingerprint density at radius 2 is 1.95 bits per heavy atom. The molecule has 1 aliphatic heterocycles. The Labute approximate surface area is 130 Å². The highest BCUT2D eigenvalue weighted by Gasteiger charge is 2.26. The fourth-order valence-corrected chi connectivity index (χ4v) is 2.78. The van der Waals surface area contributed by atoms with Crippen LogP contribution >= 0.6 is 0 Å². The van der Waals surface area contributed by atoms with Crippen molar-refractivity contribution < 1.29 is 14.3 Å². The molecule has 0 saturated carbocycles. The predicted molar refractivity (Wildman–Crippen MR) is 81.8 cm³/mol. The van der Waals surface area contributed by atoms with E-state index in [1.54, 1.807) is 16.5 Å². The highest BCUT2D eigenvalue weighted by Crippen LogP contribution is 2.15. The van der Waals surface area contributed by atoms with Crippen LogP contribution in [-0.4, -0.2) is 52.4 Å². The average Bonchev–Trinajstić information content (AvgIpc) is 2.73. The fourth-order valence-electron chi connectivity index (χ4n) is 2.78. The number of aromatic nitrogens is 2. The molecule has 7 nitrogen and oxygen atoms in total. The van der Waals surface area contributed by atoms with Crippen LogP contribution in [0.4, 0.5) is 4.79 Å². The fraction of sp³-hybridized carbons (Fsp3) is 0.667. The van der Waals surface area contributed by atoms with Crippen LogP contribution < -0.4 is 5.32 Å². The van der Waals surface area contributed by atoms with Gasteiger partial charge in [-0.3, -0.25) is 9.48 Å². The van der Waals surface area contributed by atoms with Crippen molar-refractivity contribution in [1.29, 1.82) is 0 Å². The number of carbonyl (C=O) groups is 2. The van der Waals surface area contributed by atoms with Crippen molar-refractivity contribution in [2.45, 2.75) is 39.7 Å². The number of likely N-dealkylation sites (tertiary alicyclic amines) is 1. The normalized spacial score (nSPS) is 15.7. The zero-order valence-electron chi connectivity index (χ0n) is 13.7. The lowest BCUT2D eigenvalue weighted by Crippen LogP contribution is -2.46. The standard InChI is InChI=1S/C15H24N4O3/c1-5-22-15(21)19-8-6-12(7-9-19)16-14(20)13-10(2)17-18(4)11(13)3/h12H,5-9H2,1-4H3,(H,16,20). The molecule has 0 bridgehead atoms. The summed E-state index contributed by atoms with van der Waals surface area (Å²) in [6.07, 6.45) is 1.21. The van der Waals surface area contributed by atoms with Crippen LogP contribution in [0.15, 0.2) is 0 Å². The number of nitrogens with zero attached hydrogens (tertiary/aromatic N) is 3. The highest BCUT2D eigenvalue weighted by molar-refractivity contribution is 5.96. The van der Waals surface area contributed by atoms with Gasteiger partial charge in [-0.25, -0.2) is 4.79 Å². The quantitative estimate of drug-likeness (QED) is 0.915. The second-order valence-electron chi connectivity index (χ2n) is 5.60. The lowest BCUT2D eigenvalue weighted by molar-refractivity contribution is 0.0859. The maximum Gasteiger partial charge on any atom is 0.409 e. The predicted octanol–water partition coefficient (Wildman–Crippen LogP) is 1.39. The smallest absolute Gasteiger partial charge is 0.409 e. The summed E-state index contributed by atoms with van der Waals surface area (Å²) in [4.78, 5) is 25.7. The van der Waals surface area contributed by atoms with Crippen LogP contribution in [0.3, 0.4) is 0 Å². The number of amides is 2. The molecule has 1 fully saturated rings. The molecule has 1 N–H and O–H groups in total. The first kappa shape index (κ1) is 16.3. The molecular formula is C15H24N4O3. The maximum absolute atomic E-state index is 12.4. The second kappa shape index (κ2) is 6.81. The Kier molecular flexibility index (Phi) is 5.05. The third kappa shape index (κ3) is 3.40. The van der Waals surface area contributed by atoms with Crippen molar-refractivity contribution in [3.8, 4) is 0 Å². The van der Waals surface area contributed by atoms with Crippen LogP contribution in [0.5, 0.6) is 0 Å². The summed E-state index contributed by atoms with van der Waals surface area (Å²) in [5, 5.41) is 7.32. The number of carbonyl (C=O) groups excluding carboxylic acids is 2. The molecule has 22 heavy (non-hydrogen) atoms. The molecule has 1 aromatic rings. The molecule has 1 aliphatic rings. The van der Waals surface area contributed by atoms with E-state index in [4.69, 9.17) is 4.74 Å². The van der Waals surface area contributed by atoms with Gasteiger partial charge >= 0.3 is 6.09 Å². The molecule has 2 rings (SSSR count). The van der Waals surface area contributed by atoms with Crippen LogP contribution in [0.2, 0.25) is 0 Å². The topological polar surface area (TPSA) is 76.5 Å². The minimum atomic E-state index is -0.272. The molecule has 0 aromatic carbocycles. The van der Waals surface area contributed by atoms with E-state index in [0.29, 0.717) is 25.3 Å². The first-order valence-electron chi connectivity index (χ1n) is 7.66. The van der Waals surface area contributed by atoms with E-state index in [2.05, 4.69) is 10.4 Å². The minimum absolute atomic E-state index is 0.0807. The second-order valence-corrected chi connectivity index (χ2v) is 5.60. The number of rotatable bonds is 3. The molecule has 2 amide bonds. The van der Waals surface area contributed by atoms with Crippen molar-refractivity contribution in [3.05, 3.63) is 17.0 Å². The molecule has 7 heteroatoms. The lowest BCUT2D eigenvalue weighted by atomic mass is 10.0. The Morgan fingerprint density at radius 3 is 2.45 bits per heavy atom. The monoisotopic (exact) mass is 308 g/mol. The molecule has 1 aromatic heterocycles. The molecule has 1 saturated heterocycles. The van der Waals surface area contributed by atoms with Gasteiger partial charge in [0.2, 0.25) is 0 Å². The first-order valence-corrected chi connectivity index (χ1v) is 7.66. The number of hydrogen-bond acceptors (Lipinski definition) is 4. The summed E-state index contributed by atoms with van der Waals surface area (Å²) in [5.74, 6) is -0.0855. The number of nitrogens with one attached hydrogen (secondary N) is 1. The van der Waals surface area contributed by atoms with Crippen molar-refractivity contribution in [1.82, 2.24) is 20.0 Å². The molecule has 0 spiro atoms. The van der Waals surface area contributed by atoms with Gasteiger partial charge in [0.1, 0.15) is 0 Å². The van der Waals surface area contributed by atoms with Crippen molar-refractivity contribution in [3.63, 3.8) is 0 Å². The van der Waals surface area contributed by atoms with Crippen LogP contribution in [0.1, 0.15) is 41.5 Å². The largest absolute Gasteiger partial charge is 0.450 e. The average molecular weight is 308 g/mol. The Balaban J connectivity index is 1.91. The Hall–Kier alpha value is -2.05. The van der Waals surface area contributed by atoms with Crippen LogP contribution in [0, 0.1) is 13.8 Å². The number of hydrogen-bond donors (Lipinski definition) is 1. The van der Waals surface area contributed by atoms with Crippen molar-refractivity contribution in [2.24, 2.45) is 7.05 Å². The lowest BCUT2D eigenvalue weighted by Gasteiger charge is -2.31. The van der Waals surface area contributed by atoms with Crippen molar-refractivity contribution >= 4 is 12.0 Å². The third-order valence-corrected chi connectivity index (χ3v) is 4.09. The van der Waals surface area contributed by atoms with Gasteiger partial charge in [0.25, 0.3) is 5.91 Å². The molecule has 0 unspecified atom stereocenters. The van der Waals surface area contributed by atoms with E-state index < -0.39 is 0 Å². The van der Waals surface area contributed by atoms with Gasteiger partial charge in [0.15, 0.2) is 0 Å². The minimum Gasteiger partial charge on any atom is -0.450 e. The van der Waals surface area contributed by atoms with Gasteiger partial charge in [0, 0.05) is 31.9 Å². The van der Waals surface area contributed by atoms with E-state index in [9.17, 15) is 9.59 Å². The summed E-state index contributed by atoms with van der Waals surface area (Å²) in [6.45, 7) is 7.12. The van der Waals surface area contributed by atoms with Crippen molar-refractivity contribution in [2.75, 3.05) is 19.7 Å². The zero-order chi connectivity index (χ0) is 16.3. The van der Waals surface area contributed by atoms with Gasteiger partial charge in [-0.2, -0.15) is 5.10 Å². The molecule has 0 aliphatic carbocycles. The van der Waals surface area contributed by atoms with E-state index in [1.165, 1.54) is 0 Å². The van der Waals surface area contributed by atoms with E-state index in [-0.39, 0.29) is 18.0 Å². The van der Waals surface area contributed by atoms with Gasteiger partial charge in [0.05, 0.1) is 17.9 Å². The summed E-state index contributed by atoms with van der Waals surface area (Å²) in [5.41, 5.74) is 2.25. The molecule has 122 valence electrons. The highest BCUT2D eigenvalue weighted by atomic mass is 16.6. The maximum atomic E-state index is 12.4. The number of ether oxygens (including phenoxy) is 1. The van der Waals surface area contributed by atoms with E-state index >= 15 is 0 Å². The van der Waals surface area contributed by atoms with E-state index in [1.807, 2.05) is 20.9 Å². The van der Waals surface area contributed by atoms with Gasteiger partial charge in [-0.1, -0.05) is 0 Å². The Bertz CT molecular complexity index is 559. The number of piperidine rings is 1. The molecule has 0 atom stereocenters. The summed E-state index contributed by atoms with van der Waals surface area (Å²) in [6, 6.07) is 0.0807. The molecular weight excluding hydrogens is 284 g/mol. The third-order valence-electron chi connectivity index (χ3n) is 4.09. The van der Waals surface area contributed by atoms with Crippen LogP contribution in [0.25, 0.3) is 0 Å². The first-order chi connectivity index (χ1) is 10.4. The zero-order valence-corrected chi connectivity index (χ0v) is 13.7. The summed E-state index contributed by atoms with van der Waals surface area (Å²) >= 11 is 0. The summed E-state index contributed by atoms with van der Waals surface area (Å²) in [7, 11) is 1.83. The van der Waals surface area contributed by atoms with Gasteiger partial charge < -0.3 is 15.0 Å². The van der Waals surface area contributed by atoms with E-state index in [0.717, 1.165) is 24.2 Å². The van der Waals surface area contributed by atoms with Gasteiger partial charge in [-0.15, -0.1) is 0 Å². The SMILES string of the molecule is CCOC(=O)N1CCC(NC(=O)c2c(C)nn(C)c2C)CC1. The molecule has 0 radical (unpaired) electrons. The van der Waals surface area contributed by atoms with Crippen LogP contribution in [-0.2, 0) is 11.8 Å². The van der Waals surface area contributed by atoms with Gasteiger partial charge in [-0.05, 0) is 33.6 Å². The Morgan fingerprint density at radius 1 is 1.32 bits per heavy atom. The molecule has 2 heterocycles. The summed E-state index contributed by atoms with van der Waals surface area (Å²) < 4.78 is 6.71. The number of aryl methyl sites for hydroxylation is 2.